The molecule has 1 fully saturated rings. The largest absolute Gasteiger partial charge is 0.468 e. The van der Waals surface area contributed by atoms with E-state index in [0.717, 1.165) is 33.5 Å². The molecule has 3 aromatic carbocycles. The van der Waals surface area contributed by atoms with E-state index in [1.165, 1.54) is 55.6 Å². The third-order valence-electron chi connectivity index (χ3n) is 5.97. The molecule has 1 aliphatic rings. The number of hydrogen-bond donors (Lipinski definition) is 0. The minimum absolute atomic E-state index is 0.00606. The Morgan fingerprint density at radius 3 is 1.78 bits per heavy atom. The van der Waals surface area contributed by atoms with Crippen molar-refractivity contribution in [2.45, 2.75) is 23.8 Å². The number of sulfonamides is 1. The van der Waals surface area contributed by atoms with Crippen molar-refractivity contribution in [2.75, 3.05) is 18.6 Å². The molecule has 0 bridgehead atoms. The van der Waals surface area contributed by atoms with Crippen molar-refractivity contribution < 1.29 is 36.3 Å². The van der Waals surface area contributed by atoms with Gasteiger partial charge in [-0.1, -0.05) is 0 Å². The van der Waals surface area contributed by atoms with E-state index < -0.39 is 45.5 Å². The Hall–Kier alpha value is -3.96. The molecule has 1 heterocycles. The second kappa shape index (κ2) is 10.6. The SMILES string of the molecule is COC(=O)[C@@H]1CCCN1S(=O)(=O)c1ccc(N(C(=O)c2ccc(F)cc2)C(=O)c2ccc(F)cc2)cc1. The number of imide groups is 1. The number of benzene rings is 3. The fourth-order valence-corrected chi connectivity index (χ4v) is 5.72. The number of carbonyl (C=O) groups is 3. The van der Waals surface area contributed by atoms with Gasteiger partial charge in [0.15, 0.2) is 0 Å². The Balaban J connectivity index is 1.71. The summed E-state index contributed by atoms with van der Waals surface area (Å²) in [5.74, 6) is -3.39. The summed E-state index contributed by atoms with van der Waals surface area (Å²) in [6.07, 6.45) is 0.819. The number of nitrogens with zero attached hydrogens (tertiary/aromatic N) is 2. The summed E-state index contributed by atoms with van der Waals surface area (Å²) in [5, 5.41) is 0. The monoisotopic (exact) mass is 528 g/mol. The molecule has 1 atom stereocenters. The van der Waals surface area contributed by atoms with Crippen LogP contribution in [0.1, 0.15) is 33.6 Å². The van der Waals surface area contributed by atoms with Crippen LogP contribution in [0.2, 0.25) is 0 Å². The molecule has 2 amide bonds. The van der Waals surface area contributed by atoms with Gasteiger partial charge in [0.1, 0.15) is 17.7 Å². The number of halogens is 2. The molecule has 0 unspecified atom stereocenters. The number of rotatable bonds is 6. The van der Waals surface area contributed by atoms with E-state index in [4.69, 9.17) is 4.74 Å². The average molecular weight is 529 g/mol. The van der Waals surface area contributed by atoms with Crippen LogP contribution in [0.4, 0.5) is 14.5 Å². The number of esters is 1. The molecule has 3 aromatic rings. The van der Waals surface area contributed by atoms with E-state index in [-0.39, 0.29) is 28.3 Å². The van der Waals surface area contributed by atoms with Gasteiger partial charge in [-0.3, -0.25) is 14.4 Å². The van der Waals surface area contributed by atoms with Gasteiger partial charge in [0.2, 0.25) is 10.0 Å². The van der Waals surface area contributed by atoms with Gasteiger partial charge >= 0.3 is 5.97 Å². The molecule has 4 rings (SSSR count). The van der Waals surface area contributed by atoms with Gasteiger partial charge in [0, 0.05) is 17.7 Å². The topological polar surface area (TPSA) is 101 Å². The molecule has 0 spiro atoms. The van der Waals surface area contributed by atoms with Gasteiger partial charge in [-0.25, -0.2) is 22.1 Å². The number of ether oxygens (including phenoxy) is 1. The van der Waals surface area contributed by atoms with Gasteiger partial charge in [0.05, 0.1) is 17.7 Å². The van der Waals surface area contributed by atoms with Crippen LogP contribution in [0, 0.1) is 11.6 Å². The number of hydrogen-bond acceptors (Lipinski definition) is 6. The van der Waals surface area contributed by atoms with Crippen molar-refractivity contribution in [1.82, 2.24) is 4.31 Å². The van der Waals surface area contributed by atoms with E-state index in [9.17, 15) is 31.6 Å². The number of amides is 2. The fourth-order valence-electron chi connectivity index (χ4n) is 4.07. The summed E-state index contributed by atoms with van der Waals surface area (Å²) in [5.41, 5.74) is 0.0478. The summed E-state index contributed by atoms with van der Waals surface area (Å²) in [6.45, 7) is 0.141. The Labute approximate surface area is 212 Å². The van der Waals surface area contributed by atoms with Crippen LogP contribution in [0.15, 0.2) is 77.7 Å². The van der Waals surface area contributed by atoms with Crippen LogP contribution >= 0.6 is 0 Å². The maximum absolute atomic E-state index is 13.4. The zero-order valence-electron chi connectivity index (χ0n) is 19.6. The normalized spacial score (nSPS) is 15.8. The lowest BCUT2D eigenvalue weighted by molar-refractivity contribution is -0.144. The summed E-state index contributed by atoms with van der Waals surface area (Å²) >= 11 is 0. The zero-order chi connectivity index (χ0) is 26.7. The molecular weight excluding hydrogens is 506 g/mol. The second-order valence-electron chi connectivity index (χ2n) is 8.25. The third kappa shape index (κ3) is 5.27. The van der Waals surface area contributed by atoms with E-state index in [2.05, 4.69) is 0 Å². The maximum Gasteiger partial charge on any atom is 0.324 e. The molecule has 0 N–H and O–H groups in total. The lowest BCUT2D eigenvalue weighted by atomic mass is 10.1. The first kappa shape index (κ1) is 26.1. The molecule has 37 heavy (non-hydrogen) atoms. The van der Waals surface area contributed by atoms with Crippen molar-refractivity contribution in [1.29, 1.82) is 0 Å². The van der Waals surface area contributed by atoms with Gasteiger partial charge in [0.25, 0.3) is 11.8 Å². The summed E-state index contributed by atoms with van der Waals surface area (Å²) in [7, 11) is -2.89. The Bertz CT molecular complexity index is 1370. The molecule has 192 valence electrons. The summed E-state index contributed by atoms with van der Waals surface area (Å²) < 4.78 is 59.0. The maximum atomic E-state index is 13.4. The van der Waals surface area contributed by atoms with Crippen LogP contribution < -0.4 is 4.90 Å². The number of anilines is 1. The smallest absolute Gasteiger partial charge is 0.324 e. The minimum Gasteiger partial charge on any atom is -0.468 e. The van der Waals surface area contributed by atoms with Crippen molar-refractivity contribution in [3.8, 4) is 0 Å². The molecular formula is C26H22F2N2O6S. The van der Waals surface area contributed by atoms with Crippen LogP contribution in [0.25, 0.3) is 0 Å². The van der Waals surface area contributed by atoms with Gasteiger partial charge in [-0.2, -0.15) is 4.31 Å². The zero-order valence-corrected chi connectivity index (χ0v) is 20.5. The standard InChI is InChI=1S/C26H22F2N2O6S/c1-36-26(33)23-3-2-16-29(23)37(34,35)22-14-12-21(13-15-22)30(24(31)17-4-8-19(27)9-5-17)25(32)18-6-10-20(28)11-7-18/h4-15,23H,2-3,16H2,1H3/t23-/m0/s1. The van der Waals surface area contributed by atoms with Crippen molar-refractivity contribution in [3.63, 3.8) is 0 Å². The lowest BCUT2D eigenvalue weighted by Crippen LogP contribution is -2.41. The molecule has 8 nitrogen and oxygen atoms in total. The lowest BCUT2D eigenvalue weighted by Gasteiger charge is -2.24. The Morgan fingerprint density at radius 2 is 1.32 bits per heavy atom. The highest BCUT2D eigenvalue weighted by atomic mass is 32.2. The van der Waals surface area contributed by atoms with Gasteiger partial charge in [-0.05, 0) is 85.6 Å². The van der Waals surface area contributed by atoms with Crippen molar-refractivity contribution >= 4 is 33.5 Å². The molecule has 1 aliphatic heterocycles. The molecule has 11 heteroatoms. The first-order chi connectivity index (χ1) is 17.6. The average Bonchev–Trinajstić information content (AvgIpc) is 3.40. The highest BCUT2D eigenvalue weighted by molar-refractivity contribution is 7.89. The first-order valence-corrected chi connectivity index (χ1v) is 12.7. The molecule has 0 saturated carbocycles. The second-order valence-corrected chi connectivity index (χ2v) is 10.1. The third-order valence-corrected chi connectivity index (χ3v) is 7.89. The van der Waals surface area contributed by atoms with Crippen molar-refractivity contribution in [2.24, 2.45) is 0 Å². The fraction of sp³-hybridized carbons (Fsp3) is 0.192. The number of methoxy groups -OCH3 is 1. The first-order valence-electron chi connectivity index (χ1n) is 11.2. The van der Waals surface area contributed by atoms with Crippen LogP contribution in [-0.4, -0.2) is 50.2 Å². The quantitative estimate of drug-likeness (QED) is 0.357. The highest BCUT2D eigenvalue weighted by Crippen LogP contribution is 2.29. The predicted molar refractivity (Wildman–Crippen MR) is 129 cm³/mol. The van der Waals surface area contributed by atoms with Gasteiger partial charge in [-0.15, -0.1) is 0 Å². The van der Waals surface area contributed by atoms with E-state index in [0.29, 0.717) is 12.8 Å². The Morgan fingerprint density at radius 1 is 0.838 bits per heavy atom. The highest BCUT2D eigenvalue weighted by Gasteiger charge is 2.40. The molecule has 0 radical (unpaired) electrons. The summed E-state index contributed by atoms with van der Waals surface area (Å²) in [6, 6.07) is 13.2. The van der Waals surface area contributed by atoms with E-state index in [1.54, 1.807) is 0 Å². The molecule has 0 aliphatic carbocycles. The summed E-state index contributed by atoms with van der Waals surface area (Å²) in [4.78, 5) is 39.3. The number of carbonyl (C=O) groups excluding carboxylic acids is 3. The van der Waals surface area contributed by atoms with E-state index in [1.807, 2.05) is 0 Å². The van der Waals surface area contributed by atoms with Gasteiger partial charge < -0.3 is 4.74 Å². The molecule has 0 aromatic heterocycles. The van der Waals surface area contributed by atoms with Crippen LogP contribution in [0.3, 0.4) is 0 Å². The van der Waals surface area contributed by atoms with Crippen molar-refractivity contribution in [3.05, 3.63) is 95.6 Å². The predicted octanol–water partition coefficient (Wildman–Crippen LogP) is 3.78. The van der Waals surface area contributed by atoms with Crippen LogP contribution in [0.5, 0.6) is 0 Å². The Kier molecular flexibility index (Phi) is 7.46. The molecule has 1 saturated heterocycles. The minimum atomic E-state index is -4.08. The van der Waals surface area contributed by atoms with E-state index >= 15 is 0 Å². The van der Waals surface area contributed by atoms with Crippen LogP contribution in [-0.2, 0) is 19.6 Å².